The van der Waals surface area contributed by atoms with Crippen LogP contribution in [0.5, 0.6) is 5.75 Å². The van der Waals surface area contributed by atoms with E-state index in [0.29, 0.717) is 6.04 Å². The lowest BCUT2D eigenvalue weighted by Gasteiger charge is -2.31. The first kappa shape index (κ1) is 17.2. The number of aryl methyl sites for hydroxylation is 1. The van der Waals surface area contributed by atoms with Gasteiger partial charge in [-0.2, -0.15) is 0 Å². The summed E-state index contributed by atoms with van der Waals surface area (Å²) in [6, 6.07) is 14.2. The van der Waals surface area contributed by atoms with E-state index in [-0.39, 0.29) is 5.75 Å². The lowest BCUT2D eigenvalue weighted by atomic mass is 10.0. The molecular weight excluding hydrogens is 348 g/mol. The van der Waals surface area contributed by atoms with Crippen molar-refractivity contribution in [3.05, 3.63) is 54.5 Å². The summed E-state index contributed by atoms with van der Waals surface area (Å²) in [4.78, 5) is 11.9. The standard InChI is InChI=1S/C23H24N4O/c1-15-25-22-14-24-21-8-5-17(16-3-6-19(28)7-4-16)13-20(21)23(22)27(15)18-9-11-26(2)12-10-18/h3-8,13-14,18,28H,9-12H2,1-2H3. The van der Waals surface area contributed by atoms with Gasteiger partial charge in [-0.3, -0.25) is 4.98 Å². The molecule has 0 bridgehead atoms. The van der Waals surface area contributed by atoms with Crippen LogP contribution >= 0.6 is 0 Å². The van der Waals surface area contributed by atoms with E-state index in [9.17, 15) is 5.11 Å². The Balaban J connectivity index is 1.71. The number of fused-ring (bicyclic) bond motifs is 3. The summed E-state index contributed by atoms with van der Waals surface area (Å²) in [5, 5.41) is 10.7. The van der Waals surface area contributed by atoms with Crippen LogP contribution in [0.2, 0.25) is 0 Å². The Labute approximate surface area is 164 Å². The number of aromatic hydroxyl groups is 1. The molecule has 1 N–H and O–H groups in total. The Morgan fingerprint density at radius 2 is 1.68 bits per heavy atom. The van der Waals surface area contributed by atoms with Crippen LogP contribution in [0.4, 0.5) is 0 Å². The van der Waals surface area contributed by atoms with Crippen molar-refractivity contribution in [3.63, 3.8) is 0 Å². The topological polar surface area (TPSA) is 54.2 Å². The Hall–Kier alpha value is -2.92. The maximum Gasteiger partial charge on any atom is 0.115 e. The number of hydrogen-bond acceptors (Lipinski definition) is 4. The van der Waals surface area contributed by atoms with Gasteiger partial charge in [-0.05, 0) is 75.3 Å². The Kier molecular flexibility index (Phi) is 4.05. The van der Waals surface area contributed by atoms with Crippen LogP contribution in [0.3, 0.4) is 0 Å². The van der Waals surface area contributed by atoms with Gasteiger partial charge in [0.05, 0.1) is 17.2 Å². The fourth-order valence-corrected chi connectivity index (χ4v) is 4.43. The number of phenols is 1. The monoisotopic (exact) mass is 372 g/mol. The van der Waals surface area contributed by atoms with Crippen LogP contribution in [-0.4, -0.2) is 44.7 Å². The zero-order valence-electron chi connectivity index (χ0n) is 16.3. The van der Waals surface area contributed by atoms with E-state index in [1.54, 1.807) is 12.1 Å². The third-order valence-electron chi connectivity index (χ3n) is 5.95. The second kappa shape index (κ2) is 6.60. The van der Waals surface area contributed by atoms with Gasteiger partial charge < -0.3 is 14.6 Å². The molecule has 5 heteroatoms. The molecule has 0 saturated carbocycles. The van der Waals surface area contributed by atoms with Crippen molar-refractivity contribution in [2.45, 2.75) is 25.8 Å². The van der Waals surface area contributed by atoms with E-state index in [2.05, 4.69) is 46.6 Å². The number of pyridine rings is 1. The third kappa shape index (κ3) is 2.83. The van der Waals surface area contributed by atoms with Gasteiger partial charge in [0.2, 0.25) is 0 Å². The molecule has 1 saturated heterocycles. The lowest BCUT2D eigenvalue weighted by Crippen LogP contribution is -2.31. The molecule has 1 aliphatic rings. The summed E-state index contributed by atoms with van der Waals surface area (Å²) in [6.45, 7) is 4.34. The van der Waals surface area contributed by atoms with Crippen LogP contribution in [0, 0.1) is 6.92 Å². The zero-order chi connectivity index (χ0) is 19.3. The highest BCUT2D eigenvalue weighted by molar-refractivity contribution is 6.04. The average Bonchev–Trinajstić information content (AvgIpc) is 3.05. The third-order valence-corrected chi connectivity index (χ3v) is 5.95. The minimum atomic E-state index is 0.282. The zero-order valence-corrected chi connectivity index (χ0v) is 16.3. The number of rotatable bonds is 2. The highest BCUT2D eigenvalue weighted by atomic mass is 16.3. The molecule has 0 atom stereocenters. The molecule has 142 valence electrons. The van der Waals surface area contributed by atoms with Gasteiger partial charge in [0.15, 0.2) is 0 Å². The van der Waals surface area contributed by atoms with Crippen molar-refractivity contribution in [1.82, 2.24) is 19.4 Å². The Bertz CT molecular complexity index is 1150. The smallest absolute Gasteiger partial charge is 0.115 e. The molecule has 0 unspecified atom stereocenters. The minimum absolute atomic E-state index is 0.282. The van der Waals surface area contributed by atoms with Gasteiger partial charge in [0, 0.05) is 11.4 Å². The number of imidazole rings is 1. The molecule has 2 aromatic carbocycles. The first-order valence-corrected chi connectivity index (χ1v) is 9.85. The van der Waals surface area contributed by atoms with Crippen molar-refractivity contribution in [3.8, 4) is 16.9 Å². The fourth-order valence-electron chi connectivity index (χ4n) is 4.43. The number of likely N-dealkylation sites (tertiary alicyclic amines) is 1. The SMILES string of the molecule is Cc1nc2cnc3ccc(-c4ccc(O)cc4)cc3c2n1C1CCN(C)CC1. The molecule has 0 radical (unpaired) electrons. The predicted octanol–water partition coefficient (Wildman–Crippen LogP) is 4.53. The molecule has 28 heavy (non-hydrogen) atoms. The van der Waals surface area contributed by atoms with Crippen molar-refractivity contribution in [2.75, 3.05) is 20.1 Å². The first-order chi connectivity index (χ1) is 13.6. The van der Waals surface area contributed by atoms with Gasteiger partial charge in [0.25, 0.3) is 0 Å². The maximum atomic E-state index is 9.59. The van der Waals surface area contributed by atoms with Gasteiger partial charge in [0.1, 0.15) is 17.1 Å². The molecule has 1 fully saturated rings. The van der Waals surface area contributed by atoms with Gasteiger partial charge >= 0.3 is 0 Å². The Morgan fingerprint density at radius 1 is 0.964 bits per heavy atom. The van der Waals surface area contributed by atoms with E-state index in [4.69, 9.17) is 4.98 Å². The largest absolute Gasteiger partial charge is 0.508 e. The van der Waals surface area contributed by atoms with E-state index in [1.165, 1.54) is 5.52 Å². The van der Waals surface area contributed by atoms with Crippen LogP contribution in [0.1, 0.15) is 24.7 Å². The summed E-state index contributed by atoms with van der Waals surface area (Å²) in [5.41, 5.74) is 5.35. The van der Waals surface area contributed by atoms with E-state index in [1.807, 2.05) is 18.3 Å². The number of aromatic nitrogens is 3. The molecule has 4 aromatic rings. The summed E-state index contributed by atoms with van der Waals surface area (Å²) >= 11 is 0. The highest BCUT2D eigenvalue weighted by Gasteiger charge is 2.23. The summed E-state index contributed by atoms with van der Waals surface area (Å²) < 4.78 is 2.44. The summed E-state index contributed by atoms with van der Waals surface area (Å²) in [6.07, 6.45) is 4.19. The van der Waals surface area contributed by atoms with Crippen LogP contribution in [-0.2, 0) is 0 Å². The molecule has 0 spiro atoms. The number of piperidine rings is 1. The van der Waals surface area contributed by atoms with Crippen molar-refractivity contribution < 1.29 is 5.11 Å². The molecule has 5 rings (SSSR count). The highest BCUT2D eigenvalue weighted by Crippen LogP contribution is 2.34. The van der Waals surface area contributed by atoms with Crippen molar-refractivity contribution in [2.24, 2.45) is 0 Å². The van der Waals surface area contributed by atoms with Gasteiger partial charge in [-0.25, -0.2) is 4.98 Å². The van der Waals surface area contributed by atoms with E-state index >= 15 is 0 Å². The molecule has 1 aliphatic heterocycles. The number of nitrogens with zero attached hydrogens (tertiary/aromatic N) is 4. The first-order valence-electron chi connectivity index (χ1n) is 9.85. The minimum Gasteiger partial charge on any atom is -0.508 e. The number of benzene rings is 2. The summed E-state index contributed by atoms with van der Waals surface area (Å²) in [7, 11) is 2.19. The fraction of sp³-hybridized carbons (Fsp3) is 0.304. The second-order valence-electron chi connectivity index (χ2n) is 7.83. The van der Waals surface area contributed by atoms with Crippen molar-refractivity contribution in [1.29, 1.82) is 0 Å². The van der Waals surface area contributed by atoms with Crippen LogP contribution < -0.4 is 0 Å². The Morgan fingerprint density at radius 3 is 2.43 bits per heavy atom. The molecule has 2 aromatic heterocycles. The lowest BCUT2D eigenvalue weighted by molar-refractivity contribution is 0.222. The predicted molar refractivity (Wildman–Crippen MR) is 113 cm³/mol. The molecule has 5 nitrogen and oxygen atoms in total. The molecule has 0 amide bonds. The maximum absolute atomic E-state index is 9.59. The van der Waals surface area contributed by atoms with E-state index in [0.717, 1.165) is 59.3 Å². The van der Waals surface area contributed by atoms with E-state index < -0.39 is 0 Å². The van der Waals surface area contributed by atoms with Crippen LogP contribution in [0.15, 0.2) is 48.7 Å². The quantitative estimate of drug-likeness (QED) is 0.562. The molecular formula is C23H24N4O. The number of hydrogen-bond donors (Lipinski definition) is 1. The molecule has 0 aliphatic carbocycles. The second-order valence-corrected chi connectivity index (χ2v) is 7.83. The normalized spacial score (nSPS) is 16.2. The van der Waals surface area contributed by atoms with Gasteiger partial charge in [-0.15, -0.1) is 0 Å². The number of phenolic OH excluding ortho intramolecular Hbond substituents is 1. The van der Waals surface area contributed by atoms with Gasteiger partial charge in [-0.1, -0.05) is 18.2 Å². The van der Waals surface area contributed by atoms with Crippen molar-refractivity contribution >= 4 is 21.9 Å². The van der Waals surface area contributed by atoms with Crippen LogP contribution in [0.25, 0.3) is 33.1 Å². The molecule has 3 heterocycles. The average molecular weight is 372 g/mol. The summed E-state index contributed by atoms with van der Waals surface area (Å²) in [5.74, 6) is 1.35.